The second-order valence-corrected chi connectivity index (χ2v) is 11.1. The Morgan fingerprint density at radius 1 is 0.744 bits per heavy atom. The molecule has 0 unspecified atom stereocenters. The van der Waals surface area contributed by atoms with Crippen molar-refractivity contribution in [2.75, 3.05) is 5.32 Å². The van der Waals surface area contributed by atoms with Gasteiger partial charge in [-0.1, -0.05) is 11.6 Å². The van der Waals surface area contributed by atoms with E-state index in [9.17, 15) is 19.2 Å². The van der Waals surface area contributed by atoms with Crippen LogP contribution in [0.4, 0.5) is 5.82 Å². The molecule has 43 heavy (non-hydrogen) atoms. The topological polar surface area (TPSA) is 174 Å². The third-order valence-corrected chi connectivity index (χ3v) is 6.14. The zero-order chi connectivity index (χ0) is 32.1. The normalized spacial score (nSPS) is 12.0. The lowest BCUT2D eigenvalue weighted by Gasteiger charge is -2.16. The summed E-state index contributed by atoms with van der Waals surface area (Å²) >= 11 is 5.46. The van der Waals surface area contributed by atoms with Crippen molar-refractivity contribution in [3.8, 4) is 0 Å². The Kier molecular flexibility index (Phi) is 13.8. The fourth-order valence-corrected chi connectivity index (χ4v) is 4.29. The number of hydrogen-bond donors (Lipinski definition) is 4. The Bertz CT molecular complexity index is 1580. The van der Waals surface area contributed by atoms with E-state index in [1.54, 1.807) is 52.5 Å². The molecule has 12 nitrogen and oxygen atoms in total. The van der Waals surface area contributed by atoms with Crippen molar-refractivity contribution < 1.29 is 0 Å². The summed E-state index contributed by atoms with van der Waals surface area (Å²) in [4.78, 5) is 59.0. The summed E-state index contributed by atoms with van der Waals surface area (Å²) < 4.78 is 2.30. The molecule has 5 N–H and O–H groups in total. The highest BCUT2D eigenvalue weighted by Gasteiger charge is 2.10. The second-order valence-electron chi connectivity index (χ2n) is 10.7. The Morgan fingerprint density at radius 3 is 1.60 bits per heavy atom. The molecule has 2 atom stereocenters. The number of nitrogens with one attached hydrogen (secondary N) is 3. The maximum atomic E-state index is 11.9. The van der Waals surface area contributed by atoms with Gasteiger partial charge in [0.15, 0.2) is 0 Å². The highest BCUT2D eigenvalue weighted by Crippen LogP contribution is 2.06. The largest absolute Gasteiger partial charge is 0.369 e. The number of nitrogens with zero attached hydrogens (tertiary/aromatic N) is 4. The highest BCUT2D eigenvalue weighted by molar-refractivity contribution is 6.29. The summed E-state index contributed by atoms with van der Waals surface area (Å²) in [6.45, 7) is 11.1. The summed E-state index contributed by atoms with van der Waals surface area (Å²) in [6.07, 6.45) is 8.78. The number of nitrogens with two attached hydrogens (primary N) is 1. The van der Waals surface area contributed by atoms with Crippen LogP contribution in [-0.4, -0.2) is 41.2 Å². The van der Waals surface area contributed by atoms with E-state index in [0.717, 1.165) is 23.0 Å². The van der Waals surface area contributed by atoms with Crippen LogP contribution < -0.4 is 33.5 Å². The predicted octanol–water partition coefficient (Wildman–Crippen LogP) is 3.30. The lowest BCUT2D eigenvalue weighted by atomic mass is 10.1. The molecule has 0 aliphatic carbocycles. The van der Waals surface area contributed by atoms with Gasteiger partial charge in [-0.3, -0.25) is 38.7 Å². The van der Waals surface area contributed by atoms with Gasteiger partial charge in [-0.15, -0.1) is 0 Å². The zero-order valence-electron chi connectivity index (χ0n) is 25.4. The Balaban J connectivity index is 0.000000248. The van der Waals surface area contributed by atoms with Crippen LogP contribution in [0.1, 0.15) is 64.8 Å². The van der Waals surface area contributed by atoms with Gasteiger partial charge in [0.05, 0.1) is 0 Å². The van der Waals surface area contributed by atoms with Crippen LogP contribution in [-0.2, 0) is 12.8 Å². The number of pyridine rings is 2. The SMILES string of the molecule is CC(C)n1c(=O)cc(Cl)[nH]c1=O.CC(C)n1c(=O)cc(N[C@@H](C)Cc2ccncc2)[nH]c1=O.C[C@H](N)Cc1ccncc1. The molecule has 4 aromatic heterocycles. The lowest BCUT2D eigenvalue weighted by Crippen LogP contribution is -2.37. The van der Waals surface area contributed by atoms with Gasteiger partial charge in [0, 0.05) is 61.1 Å². The Hall–Kier alpha value is -4.29. The van der Waals surface area contributed by atoms with Gasteiger partial charge >= 0.3 is 11.4 Å². The molecular weight excluding hydrogens is 572 g/mol. The lowest BCUT2D eigenvalue weighted by molar-refractivity contribution is 0.546. The minimum absolute atomic E-state index is 0.0712. The monoisotopic (exact) mass is 612 g/mol. The van der Waals surface area contributed by atoms with Crippen molar-refractivity contribution in [1.82, 2.24) is 29.1 Å². The number of aromatic amines is 2. The van der Waals surface area contributed by atoms with Gasteiger partial charge < -0.3 is 11.1 Å². The molecule has 0 aromatic carbocycles. The second kappa shape index (κ2) is 17.0. The van der Waals surface area contributed by atoms with Crippen LogP contribution in [0.25, 0.3) is 0 Å². The van der Waals surface area contributed by atoms with Crippen molar-refractivity contribution in [1.29, 1.82) is 0 Å². The van der Waals surface area contributed by atoms with Crippen LogP contribution in [0, 0.1) is 0 Å². The van der Waals surface area contributed by atoms with E-state index in [-0.39, 0.29) is 40.4 Å². The maximum absolute atomic E-state index is 11.9. The molecule has 4 heterocycles. The fourth-order valence-electron chi connectivity index (χ4n) is 4.12. The summed E-state index contributed by atoms with van der Waals surface area (Å²) in [5.74, 6) is 0.448. The van der Waals surface area contributed by atoms with Gasteiger partial charge in [0.1, 0.15) is 11.0 Å². The molecule has 232 valence electrons. The van der Waals surface area contributed by atoms with Crippen LogP contribution >= 0.6 is 11.6 Å². The van der Waals surface area contributed by atoms with Crippen LogP contribution in [0.3, 0.4) is 0 Å². The smallest absolute Gasteiger partial charge is 0.330 e. The number of hydrogen-bond acceptors (Lipinski definition) is 8. The Morgan fingerprint density at radius 2 is 1.19 bits per heavy atom. The standard InChI is InChI=1S/C15H20N4O2.C8H12N2.C7H9ClN2O2/c1-10(2)19-14(20)9-13(18-15(19)21)17-11(3)8-12-4-6-16-7-5-12;1-7(9)6-8-2-4-10-5-3-8;1-4(2)10-6(11)3-5(8)9-7(10)12/h4-7,9-11,17H,8H2,1-3H3,(H,18,21);2-5,7H,6,9H2,1H3;3-4H,1-2H3,(H,9,12)/t11-;7-;/m00./s1. The van der Waals surface area contributed by atoms with Crippen molar-refractivity contribution in [2.24, 2.45) is 5.73 Å². The molecule has 0 saturated heterocycles. The first-order valence-electron chi connectivity index (χ1n) is 14.0. The van der Waals surface area contributed by atoms with Crippen molar-refractivity contribution >= 4 is 17.4 Å². The first kappa shape index (κ1) is 34.9. The molecule has 0 radical (unpaired) electrons. The Labute approximate surface area is 255 Å². The van der Waals surface area contributed by atoms with Crippen LogP contribution in [0.15, 0.2) is 80.4 Å². The molecule has 13 heteroatoms. The van der Waals surface area contributed by atoms with Gasteiger partial charge in [-0.25, -0.2) is 9.59 Å². The number of halogens is 1. The molecule has 0 bridgehead atoms. The molecule has 0 aliphatic rings. The quantitative estimate of drug-likeness (QED) is 0.219. The number of anilines is 1. The molecule has 0 amide bonds. The minimum Gasteiger partial charge on any atom is -0.369 e. The van der Waals surface area contributed by atoms with Crippen LogP contribution in [0.5, 0.6) is 0 Å². The molecular formula is C30H41ClN8O4. The zero-order valence-corrected chi connectivity index (χ0v) is 26.1. The van der Waals surface area contributed by atoms with Gasteiger partial charge in [0.2, 0.25) is 0 Å². The van der Waals surface area contributed by atoms with Crippen molar-refractivity contribution in [2.45, 2.75) is 78.6 Å². The maximum Gasteiger partial charge on any atom is 0.330 e. The summed E-state index contributed by atoms with van der Waals surface area (Å²) in [6, 6.07) is 10.5. The third kappa shape index (κ3) is 11.8. The molecule has 4 rings (SSSR count). The van der Waals surface area contributed by atoms with E-state index >= 15 is 0 Å². The first-order valence-corrected chi connectivity index (χ1v) is 14.3. The summed E-state index contributed by atoms with van der Waals surface area (Å²) in [7, 11) is 0. The van der Waals surface area contributed by atoms with E-state index in [1.165, 1.54) is 22.3 Å². The van der Waals surface area contributed by atoms with Gasteiger partial charge in [-0.2, -0.15) is 0 Å². The average Bonchev–Trinajstić information content (AvgIpc) is 2.89. The fraction of sp³-hybridized carbons (Fsp3) is 0.400. The van der Waals surface area contributed by atoms with Crippen LogP contribution in [0.2, 0.25) is 5.15 Å². The van der Waals surface area contributed by atoms with Gasteiger partial charge in [0.25, 0.3) is 11.1 Å². The predicted molar refractivity (Wildman–Crippen MR) is 171 cm³/mol. The van der Waals surface area contributed by atoms with E-state index in [0.29, 0.717) is 5.82 Å². The van der Waals surface area contributed by atoms with E-state index in [4.69, 9.17) is 17.3 Å². The molecule has 0 aliphatic heterocycles. The number of aromatic nitrogens is 6. The van der Waals surface area contributed by atoms with E-state index < -0.39 is 11.4 Å². The average molecular weight is 613 g/mol. The summed E-state index contributed by atoms with van der Waals surface area (Å²) in [5.41, 5.74) is 6.46. The first-order chi connectivity index (χ1) is 20.3. The van der Waals surface area contributed by atoms with E-state index in [1.807, 2.05) is 38.1 Å². The van der Waals surface area contributed by atoms with Gasteiger partial charge in [-0.05, 0) is 89.8 Å². The number of H-pyrrole nitrogens is 2. The van der Waals surface area contributed by atoms with Crippen molar-refractivity contribution in [3.63, 3.8) is 0 Å². The third-order valence-electron chi connectivity index (χ3n) is 5.93. The molecule has 0 spiro atoms. The highest BCUT2D eigenvalue weighted by atomic mass is 35.5. The molecule has 0 fully saturated rings. The number of rotatable bonds is 8. The minimum atomic E-state index is -0.470. The molecule has 4 aromatic rings. The molecule has 0 saturated carbocycles. The van der Waals surface area contributed by atoms with Crippen molar-refractivity contribution in [3.05, 3.63) is 119 Å². The van der Waals surface area contributed by atoms with E-state index in [2.05, 4.69) is 25.3 Å². The summed E-state index contributed by atoms with van der Waals surface area (Å²) in [5, 5.41) is 3.22.